The number of aryl methyl sites for hydroxylation is 2. The van der Waals surface area contributed by atoms with Crippen LogP contribution in [0.4, 0.5) is 0 Å². The molecular weight excluding hydrogens is 352 g/mol. The Morgan fingerprint density at radius 3 is 2.39 bits per heavy atom. The molecule has 0 atom stereocenters. The number of hydrogen-bond acceptors (Lipinski definition) is 5. The molecule has 0 aliphatic carbocycles. The second-order valence-electron chi connectivity index (χ2n) is 6.89. The molecule has 28 heavy (non-hydrogen) atoms. The van der Waals surface area contributed by atoms with Crippen LogP contribution in [0.3, 0.4) is 0 Å². The van der Waals surface area contributed by atoms with Gasteiger partial charge >= 0.3 is 0 Å². The van der Waals surface area contributed by atoms with Gasteiger partial charge in [0.25, 0.3) is 0 Å². The van der Waals surface area contributed by atoms with Gasteiger partial charge < -0.3 is 14.3 Å². The fourth-order valence-electron chi connectivity index (χ4n) is 3.03. The minimum Gasteiger partial charge on any atom is -0.493 e. The Hall–Kier alpha value is -2.01. The highest BCUT2D eigenvalue weighted by atomic mass is 16.6. The van der Waals surface area contributed by atoms with Crippen molar-refractivity contribution in [2.45, 2.75) is 53.4 Å². The minimum atomic E-state index is 0.601. The first kappa shape index (κ1) is 24.0. The third kappa shape index (κ3) is 9.79. The Balaban J connectivity index is 2.26. The zero-order valence-electron chi connectivity index (χ0n) is 18.4. The van der Waals surface area contributed by atoms with E-state index in [4.69, 9.17) is 14.3 Å². The van der Waals surface area contributed by atoms with E-state index in [1.807, 2.05) is 25.3 Å². The number of ether oxygens (including phenoxy) is 2. The monoisotopic (exact) mass is 390 g/mol. The SMILES string of the molecule is C/C=C/COc1cc(C)c(OCCCCCCN(CC)CC=NOC)c(C)c1. The van der Waals surface area contributed by atoms with Crippen molar-refractivity contribution in [2.24, 2.45) is 5.16 Å². The molecule has 0 bridgehead atoms. The second-order valence-corrected chi connectivity index (χ2v) is 6.89. The van der Waals surface area contributed by atoms with Crippen molar-refractivity contribution in [3.05, 3.63) is 35.4 Å². The van der Waals surface area contributed by atoms with Crippen molar-refractivity contribution in [2.75, 3.05) is 40.0 Å². The zero-order chi connectivity index (χ0) is 20.6. The molecule has 158 valence electrons. The van der Waals surface area contributed by atoms with Crippen LogP contribution in [0, 0.1) is 13.8 Å². The standard InChI is InChI=1S/C23H38N2O3/c1-6-8-16-27-22-18-20(3)23(21(4)19-22)28-17-12-10-9-11-14-25(7-2)15-13-24-26-5/h6,8,13,18-19H,7,9-12,14-17H2,1-5H3/b8-6+,24-13?. The average molecular weight is 391 g/mol. The van der Waals surface area contributed by atoms with E-state index < -0.39 is 0 Å². The van der Waals surface area contributed by atoms with Crippen molar-refractivity contribution in [3.63, 3.8) is 0 Å². The van der Waals surface area contributed by atoms with Crippen LogP contribution in [-0.2, 0) is 4.84 Å². The summed E-state index contributed by atoms with van der Waals surface area (Å²) >= 11 is 0. The van der Waals surface area contributed by atoms with Gasteiger partial charge in [0.15, 0.2) is 0 Å². The summed E-state index contributed by atoms with van der Waals surface area (Å²) in [6.45, 7) is 12.7. The number of oxime groups is 1. The number of unbranched alkanes of at least 4 members (excludes halogenated alkanes) is 3. The minimum absolute atomic E-state index is 0.601. The number of hydrogen-bond donors (Lipinski definition) is 0. The Bertz CT molecular complexity index is 577. The van der Waals surface area contributed by atoms with Gasteiger partial charge in [-0.05, 0) is 70.0 Å². The maximum Gasteiger partial charge on any atom is 0.125 e. The summed E-state index contributed by atoms with van der Waals surface area (Å²) in [5, 5.41) is 3.80. The van der Waals surface area contributed by atoms with Crippen molar-refractivity contribution >= 4 is 6.21 Å². The summed E-state index contributed by atoms with van der Waals surface area (Å²) in [6, 6.07) is 4.11. The smallest absolute Gasteiger partial charge is 0.125 e. The van der Waals surface area contributed by atoms with Crippen LogP contribution in [0.25, 0.3) is 0 Å². The normalized spacial score (nSPS) is 11.6. The molecule has 5 nitrogen and oxygen atoms in total. The lowest BCUT2D eigenvalue weighted by Crippen LogP contribution is -2.26. The Kier molecular flexibility index (Phi) is 12.9. The van der Waals surface area contributed by atoms with Crippen molar-refractivity contribution in [1.82, 2.24) is 4.90 Å². The molecule has 0 N–H and O–H groups in total. The Morgan fingerprint density at radius 1 is 1.04 bits per heavy atom. The lowest BCUT2D eigenvalue weighted by Gasteiger charge is -2.17. The van der Waals surface area contributed by atoms with Crippen LogP contribution in [0.5, 0.6) is 11.5 Å². The molecule has 5 heteroatoms. The summed E-state index contributed by atoms with van der Waals surface area (Å²) in [7, 11) is 1.57. The second kappa shape index (κ2) is 15.0. The van der Waals surface area contributed by atoms with Gasteiger partial charge in [0.2, 0.25) is 0 Å². The first-order valence-electron chi connectivity index (χ1n) is 10.4. The molecule has 0 saturated carbocycles. The van der Waals surface area contributed by atoms with Crippen LogP contribution in [0.1, 0.15) is 50.7 Å². The van der Waals surface area contributed by atoms with E-state index in [0.29, 0.717) is 6.61 Å². The van der Waals surface area contributed by atoms with Gasteiger partial charge in [-0.25, -0.2) is 0 Å². The van der Waals surface area contributed by atoms with E-state index in [1.54, 1.807) is 7.11 Å². The highest BCUT2D eigenvalue weighted by Gasteiger charge is 2.07. The molecule has 0 radical (unpaired) electrons. The van der Waals surface area contributed by atoms with Gasteiger partial charge in [-0.1, -0.05) is 37.1 Å². The molecule has 0 amide bonds. The molecule has 0 fully saturated rings. The summed E-state index contributed by atoms with van der Waals surface area (Å²) in [5.41, 5.74) is 2.26. The lowest BCUT2D eigenvalue weighted by molar-refractivity contribution is 0.212. The number of allylic oxidation sites excluding steroid dienone is 1. The third-order valence-corrected chi connectivity index (χ3v) is 4.60. The third-order valence-electron chi connectivity index (χ3n) is 4.60. The quantitative estimate of drug-likeness (QED) is 0.180. The lowest BCUT2D eigenvalue weighted by atomic mass is 10.1. The van der Waals surface area contributed by atoms with E-state index in [1.165, 1.54) is 19.3 Å². The molecule has 1 aromatic rings. The fourth-order valence-corrected chi connectivity index (χ4v) is 3.03. The van der Waals surface area contributed by atoms with Gasteiger partial charge in [-0.15, -0.1) is 0 Å². The molecule has 0 saturated heterocycles. The van der Waals surface area contributed by atoms with Gasteiger partial charge in [-0.2, -0.15) is 0 Å². The van der Waals surface area contributed by atoms with Crippen LogP contribution >= 0.6 is 0 Å². The van der Waals surface area contributed by atoms with Crippen molar-refractivity contribution in [3.8, 4) is 11.5 Å². The molecule has 1 aromatic carbocycles. The topological polar surface area (TPSA) is 43.3 Å². The predicted molar refractivity (Wildman–Crippen MR) is 118 cm³/mol. The van der Waals surface area contributed by atoms with Crippen molar-refractivity contribution < 1.29 is 14.3 Å². The maximum atomic E-state index is 6.05. The van der Waals surface area contributed by atoms with Gasteiger partial charge in [0.1, 0.15) is 25.2 Å². The molecule has 1 rings (SSSR count). The van der Waals surface area contributed by atoms with Gasteiger partial charge in [0.05, 0.1) is 12.8 Å². The van der Waals surface area contributed by atoms with E-state index in [2.05, 4.69) is 43.0 Å². The molecule has 0 aliphatic heterocycles. The molecule has 0 spiro atoms. The van der Waals surface area contributed by atoms with E-state index in [9.17, 15) is 0 Å². The molecule has 0 heterocycles. The highest BCUT2D eigenvalue weighted by molar-refractivity contribution is 5.58. The largest absolute Gasteiger partial charge is 0.493 e. The van der Waals surface area contributed by atoms with E-state index >= 15 is 0 Å². The van der Waals surface area contributed by atoms with E-state index in [-0.39, 0.29) is 0 Å². The zero-order valence-corrected chi connectivity index (χ0v) is 18.4. The first-order chi connectivity index (χ1) is 13.6. The first-order valence-corrected chi connectivity index (χ1v) is 10.4. The summed E-state index contributed by atoms with van der Waals surface area (Å²) in [6.07, 6.45) is 10.5. The summed E-state index contributed by atoms with van der Waals surface area (Å²) in [4.78, 5) is 7.07. The molecule has 0 aliphatic rings. The summed E-state index contributed by atoms with van der Waals surface area (Å²) < 4.78 is 11.8. The maximum absolute atomic E-state index is 6.05. The van der Waals surface area contributed by atoms with Gasteiger partial charge in [0, 0.05) is 6.54 Å². The molecule has 0 unspecified atom stereocenters. The van der Waals surface area contributed by atoms with Crippen LogP contribution < -0.4 is 9.47 Å². The fraction of sp³-hybridized carbons (Fsp3) is 0.609. The predicted octanol–water partition coefficient (Wildman–Crippen LogP) is 5.15. The van der Waals surface area contributed by atoms with Crippen LogP contribution in [-0.4, -0.2) is 51.1 Å². The molecule has 0 aromatic heterocycles. The van der Waals surface area contributed by atoms with Gasteiger partial charge in [-0.3, -0.25) is 4.90 Å². The Morgan fingerprint density at radius 2 is 1.75 bits per heavy atom. The summed E-state index contributed by atoms with van der Waals surface area (Å²) in [5.74, 6) is 1.89. The van der Waals surface area contributed by atoms with Crippen molar-refractivity contribution in [1.29, 1.82) is 0 Å². The highest BCUT2D eigenvalue weighted by Crippen LogP contribution is 2.28. The number of rotatable bonds is 15. The number of nitrogens with zero attached hydrogens (tertiary/aromatic N) is 2. The van der Waals surface area contributed by atoms with Crippen LogP contribution in [0.2, 0.25) is 0 Å². The number of benzene rings is 1. The van der Waals surface area contributed by atoms with Crippen LogP contribution in [0.15, 0.2) is 29.4 Å². The van der Waals surface area contributed by atoms with E-state index in [0.717, 1.165) is 55.3 Å². The Labute approximate surface area is 171 Å². The average Bonchev–Trinajstić information content (AvgIpc) is 2.67. The molecular formula is C23H38N2O3.